The SMILES string of the molecule is COc1ccc(/C=C/C(=O)N(C)CC(=O)Nc2c(C)cc(C)cc2C)cc1F. The summed E-state index contributed by atoms with van der Waals surface area (Å²) in [5, 5.41) is 2.87. The van der Waals surface area contributed by atoms with E-state index in [1.165, 1.54) is 43.3 Å². The summed E-state index contributed by atoms with van der Waals surface area (Å²) in [7, 11) is 2.92. The highest BCUT2D eigenvalue weighted by Gasteiger charge is 2.13. The quantitative estimate of drug-likeness (QED) is 0.769. The smallest absolute Gasteiger partial charge is 0.246 e. The Balaban J connectivity index is 1.98. The fourth-order valence-corrected chi connectivity index (χ4v) is 2.93. The molecule has 0 aliphatic rings. The van der Waals surface area contributed by atoms with E-state index in [2.05, 4.69) is 5.32 Å². The summed E-state index contributed by atoms with van der Waals surface area (Å²) < 4.78 is 18.6. The molecule has 0 radical (unpaired) electrons. The lowest BCUT2D eigenvalue weighted by Crippen LogP contribution is -2.34. The third-order valence-corrected chi connectivity index (χ3v) is 4.29. The molecule has 0 saturated carbocycles. The van der Waals surface area contributed by atoms with Gasteiger partial charge in [0.2, 0.25) is 11.8 Å². The number of rotatable bonds is 6. The Labute approximate surface area is 164 Å². The predicted octanol–water partition coefficient (Wildman–Crippen LogP) is 3.87. The Morgan fingerprint density at radius 2 is 1.79 bits per heavy atom. The topological polar surface area (TPSA) is 58.6 Å². The van der Waals surface area contributed by atoms with Gasteiger partial charge in [0.25, 0.3) is 0 Å². The molecule has 0 aromatic heterocycles. The van der Waals surface area contributed by atoms with E-state index in [0.717, 1.165) is 22.4 Å². The molecule has 0 heterocycles. The van der Waals surface area contributed by atoms with E-state index in [1.807, 2.05) is 32.9 Å². The molecule has 0 atom stereocenters. The van der Waals surface area contributed by atoms with Gasteiger partial charge < -0.3 is 15.0 Å². The number of ether oxygens (including phenoxy) is 1. The number of aryl methyl sites for hydroxylation is 3. The van der Waals surface area contributed by atoms with Crippen LogP contribution in [-0.4, -0.2) is 37.4 Å². The first-order chi connectivity index (χ1) is 13.2. The van der Waals surface area contributed by atoms with Gasteiger partial charge in [0.1, 0.15) is 0 Å². The normalized spacial score (nSPS) is 10.8. The summed E-state index contributed by atoms with van der Waals surface area (Å²) in [6, 6.07) is 8.39. The molecule has 28 heavy (non-hydrogen) atoms. The average molecular weight is 384 g/mol. The van der Waals surface area contributed by atoms with Crippen molar-refractivity contribution in [3.8, 4) is 5.75 Å². The van der Waals surface area contributed by atoms with Crippen molar-refractivity contribution in [1.29, 1.82) is 0 Å². The minimum absolute atomic E-state index is 0.0904. The van der Waals surface area contributed by atoms with Crippen LogP contribution in [0.1, 0.15) is 22.3 Å². The van der Waals surface area contributed by atoms with Crippen molar-refractivity contribution in [3.05, 3.63) is 64.5 Å². The highest BCUT2D eigenvalue weighted by atomic mass is 19.1. The van der Waals surface area contributed by atoms with Gasteiger partial charge in [0.05, 0.1) is 13.7 Å². The van der Waals surface area contributed by atoms with Crippen molar-refractivity contribution in [2.45, 2.75) is 20.8 Å². The van der Waals surface area contributed by atoms with E-state index in [0.29, 0.717) is 5.56 Å². The second kappa shape index (κ2) is 9.17. The Morgan fingerprint density at radius 1 is 1.14 bits per heavy atom. The zero-order chi connectivity index (χ0) is 20.8. The summed E-state index contributed by atoms with van der Waals surface area (Å²) in [6.45, 7) is 5.77. The van der Waals surface area contributed by atoms with Crippen LogP contribution in [0.4, 0.5) is 10.1 Å². The first kappa shape index (κ1) is 21.2. The Kier molecular flexibility index (Phi) is 6.93. The predicted molar refractivity (Wildman–Crippen MR) is 109 cm³/mol. The number of anilines is 1. The molecule has 2 aromatic rings. The van der Waals surface area contributed by atoms with Gasteiger partial charge in [-0.15, -0.1) is 0 Å². The lowest BCUT2D eigenvalue weighted by atomic mass is 10.1. The van der Waals surface area contributed by atoms with Crippen LogP contribution in [0, 0.1) is 26.6 Å². The van der Waals surface area contributed by atoms with Crippen LogP contribution in [0.3, 0.4) is 0 Å². The molecule has 6 heteroatoms. The number of hydrogen-bond donors (Lipinski definition) is 1. The van der Waals surface area contributed by atoms with Crippen molar-refractivity contribution >= 4 is 23.6 Å². The number of nitrogens with one attached hydrogen (secondary N) is 1. The van der Waals surface area contributed by atoms with E-state index >= 15 is 0 Å². The van der Waals surface area contributed by atoms with E-state index in [9.17, 15) is 14.0 Å². The monoisotopic (exact) mass is 384 g/mol. The molecule has 0 fully saturated rings. The Hall–Kier alpha value is -3.15. The van der Waals surface area contributed by atoms with Gasteiger partial charge in [-0.3, -0.25) is 9.59 Å². The zero-order valence-electron chi connectivity index (χ0n) is 16.8. The lowest BCUT2D eigenvalue weighted by molar-refractivity contribution is -0.129. The molecule has 2 amide bonds. The number of carbonyl (C=O) groups excluding carboxylic acids is 2. The van der Waals surface area contributed by atoms with E-state index in [-0.39, 0.29) is 24.1 Å². The number of amides is 2. The van der Waals surface area contributed by atoms with Gasteiger partial charge in [-0.05, 0) is 55.7 Å². The average Bonchev–Trinajstić information content (AvgIpc) is 2.62. The molecule has 0 aliphatic heterocycles. The van der Waals surface area contributed by atoms with Crippen LogP contribution in [0.5, 0.6) is 5.75 Å². The number of halogens is 1. The molecule has 0 aliphatic carbocycles. The van der Waals surface area contributed by atoms with Crippen molar-refractivity contribution in [3.63, 3.8) is 0 Å². The maximum absolute atomic E-state index is 13.7. The first-order valence-electron chi connectivity index (χ1n) is 8.85. The minimum Gasteiger partial charge on any atom is -0.494 e. The van der Waals surface area contributed by atoms with Gasteiger partial charge >= 0.3 is 0 Å². The Morgan fingerprint density at radius 3 is 2.36 bits per heavy atom. The standard InChI is InChI=1S/C22H25FN2O3/c1-14-10-15(2)22(16(3)11-14)24-20(26)13-25(4)21(27)9-7-17-6-8-19(28-5)18(23)12-17/h6-12H,13H2,1-5H3,(H,24,26)/b9-7+. The molecule has 0 saturated heterocycles. The lowest BCUT2D eigenvalue weighted by Gasteiger charge is -2.17. The second-order valence-electron chi connectivity index (χ2n) is 6.74. The fraction of sp³-hybridized carbons (Fsp3) is 0.273. The minimum atomic E-state index is -0.506. The molecular weight excluding hydrogens is 359 g/mol. The summed E-state index contributed by atoms with van der Waals surface area (Å²) in [5.74, 6) is -1.01. The molecule has 0 bridgehead atoms. The summed E-state index contributed by atoms with van der Waals surface area (Å²) >= 11 is 0. The number of methoxy groups -OCH3 is 1. The molecule has 2 rings (SSSR count). The summed E-state index contributed by atoms with van der Waals surface area (Å²) in [5.41, 5.74) is 4.36. The molecular formula is C22H25FN2O3. The van der Waals surface area contributed by atoms with E-state index in [4.69, 9.17) is 4.74 Å². The van der Waals surface area contributed by atoms with Gasteiger partial charge in [0, 0.05) is 18.8 Å². The molecule has 1 N–H and O–H groups in total. The molecule has 5 nitrogen and oxygen atoms in total. The third kappa shape index (κ3) is 5.42. The molecule has 2 aromatic carbocycles. The fourth-order valence-electron chi connectivity index (χ4n) is 2.93. The van der Waals surface area contributed by atoms with Crippen molar-refractivity contribution in [1.82, 2.24) is 4.90 Å². The third-order valence-electron chi connectivity index (χ3n) is 4.29. The Bertz CT molecular complexity index is 899. The largest absolute Gasteiger partial charge is 0.494 e. The summed E-state index contributed by atoms with van der Waals surface area (Å²) in [4.78, 5) is 25.8. The highest BCUT2D eigenvalue weighted by molar-refractivity contribution is 5.98. The maximum atomic E-state index is 13.7. The number of likely N-dealkylation sites (N-methyl/N-ethyl adjacent to an activating group) is 1. The number of benzene rings is 2. The van der Waals surface area contributed by atoms with Crippen molar-refractivity contribution < 1.29 is 18.7 Å². The second-order valence-corrected chi connectivity index (χ2v) is 6.74. The van der Waals surface area contributed by atoms with Crippen LogP contribution in [0.2, 0.25) is 0 Å². The highest BCUT2D eigenvalue weighted by Crippen LogP contribution is 2.22. The maximum Gasteiger partial charge on any atom is 0.246 e. The van der Waals surface area contributed by atoms with Crippen LogP contribution in [-0.2, 0) is 9.59 Å². The van der Waals surface area contributed by atoms with Gasteiger partial charge in [-0.1, -0.05) is 23.8 Å². The van der Waals surface area contributed by atoms with Gasteiger partial charge in [-0.25, -0.2) is 4.39 Å². The number of hydrogen-bond acceptors (Lipinski definition) is 3. The van der Waals surface area contributed by atoms with E-state index < -0.39 is 5.82 Å². The number of nitrogens with zero attached hydrogens (tertiary/aromatic N) is 1. The molecule has 0 spiro atoms. The van der Waals surface area contributed by atoms with Crippen molar-refractivity contribution in [2.24, 2.45) is 0 Å². The van der Waals surface area contributed by atoms with Crippen LogP contribution >= 0.6 is 0 Å². The first-order valence-corrected chi connectivity index (χ1v) is 8.85. The molecule has 0 unspecified atom stereocenters. The number of carbonyl (C=O) groups is 2. The van der Waals surface area contributed by atoms with Crippen LogP contribution < -0.4 is 10.1 Å². The van der Waals surface area contributed by atoms with Crippen LogP contribution in [0.15, 0.2) is 36.4 Å². The molecule has 148 valence electrons. The zero-order valence-corrected chi connectivity index (χ0v) is 16.8. The van der Waals surface area contributed by atoms with Crippen molar-refractivity contribution in [2.75, 3.05) is 26.0 Å². The van der Waals surface area contributed by atoms with Crippen LogP contribution in [0.25, 0.3) is 6.08 Å². The van der Waals surface area contributed by atoms with Gasteiger partial charge in [0.15, 0.2) is 11.6 Å². The summed E-state index contributed by atoms with van der Waals surface area (Å²) in [6.07, 6.45) is 2.80. The van der Waals surface area contributed by atoms with E-state index in [1.54, 1.807) is 6.07 Å². The van der Waals surface area contributed by atoms with Gasteiger partial charge in [-0.2, -0.15) is 0 Å².